The lowest BCUT2D eigenvalue weighted by Gasteiger charge is -2.19. The van der Waals surface area contributed by atoms with Crippen LogP contribution in [0, 0.1) is 0 Å². The monoisotopic (exact) mass is 652 g/mol. The zero-order valence-corrected chi connectivity index (χ0v) is 26.7. The van der Waals surface area contributed by atoms with E-state index in [4.69, 9.17) is 11.5 Å². The summed E-state index contributed by atoms with van der Waals surface area (Å²) >= 11 is 0. The molecule has 49 heavy (non-hydrogen) atoms. The Bertz CT molecular complexity index is 2340. The van der Waals surface area contributed by atoms with E-state index < -0.39 is 0 Å². The molecule has 0 saturated heterocycles. The quantitative estimate of drug-likeness (QED) is 0.0653. The second-order valence-electron chi connectivity index (χ2n) is 11.8. The predicted molar refractivity (Wildman–Crippen MR) is 189 cm³/mol. The zero-order valence-electron chi connectivity index (χ0n) is 26.7. The maximum atomic E-state index is 9.85. The van der Waals surface area contributed by atoms with Crippen LogP contribution in [0.25, 0.3) is 21.5 Å². The number of phenols is 2. The zero-order chi connectivity index (χ0) is 33.7. The molecule has 4 aromatic carbocycles. The molecule has 3 aromatic heterocycles. The van der Waals surface area contributed by atoms with Crippen molar-refractivity contribution >= 4 is 55.7 Å². The Kier molecular flexibility index (Phi) is 8.66. The molecule has 7 aromatic rings. The molecule has 244 valence electrons. The number of azo groups is 2. The Morgan fingerprint density at radius 1 is 0.551 bits per heavy atom. The van der Waals surface area contributed by atoms with E-state index in [0.717, 1.165) is 65.5 Å². The third-order valence-corrected chi connectivity index (χ3v) is 8.39. The van der Waals surface area contributed by atoms with Crippen LogP contribution in [-0.4, -0.2) is 19.6 Å². The van der Waals surface area contributed by atoms with Gasteiger partial charge in [-0.3, -0.25) is 9.36 Å². The lowest BCUT2D eigenvalue weighted by molar-refractivity contribution is -0.698. The van der Waals surface area contributed by atoms with E-state index in [1.54, 1.807) is 48.5 Å². The van der Waals surface area contributed by atoms with E-state index in [1.165, 1.54) is 0 Å². The number of pyridine rings is 2. The van der Waals surface area contributed by atoms with Gasteiger partial charge in [-0.15, -0.1) is 20.5 Å². The molecule has 12 nitrogen and oxygen atoms in total. The van der Waals surface area contributed by atoms with Gasteiger partial charge in [0.05, 0.1) is 17.9 Å². The first-order valence-corrected chi connectivity index (χ1v) is 16.0. The number of hydrogen-bond acceptors (Lipinski definition) is 8. The van der Waals surface area contributed by atoms with E-state index in [1.807, 2.05) is 61.2 Å². The van der Waals surface area contributed by atoms with Crippen molar-refractivity contribution < 1.29 is 19.3 Å². The average Bonchev–Trinajstić information content (AvgIpc) is 3.10. The molecule has 0 aliphatic carbocycles. The molecule has 0 bridgehead atoms. The van der Waals surface area contributed by atoms with Crippen molar-refractivity contribution in [1.82, 2.24) is 9.36 Å². The van der Waals surface area contributed by atoms with E-state index in [9.17, 15) is 10.2 Å². The SMILES string of the molecule is Nc1ccc(N=Nc2ccc[n+](CCCn3ccn3CC[n+]3cccc(N=Nc4ccc(N)c5cc(O)ccc45)c3)c2)c2ccc(O)cc12. The van der Waals surface area contributed by atoms with Gasteiger partial charge in [-0.2, -0.15) is 0 Å². The molecule has 0 aliphatic heterocycles. The maximum Gasteiger partial charge on any atom is 0.196 e. The minimum atomic E-state index is 0.158. The number of aryl methyl sites for hydroxylation is 4. The molecule has 0 spiro atoms. The van der Waals surface area contributed by atoms with E-state index in [2.05, 4.69) is 51.3 Å². The molecule has 6 N–H and O–H groups in total. The normalized spacial score (nSPS) is 11.8. The van der Waals surface area contributed by atoms with Gasteiger partial charge in [0, 0.05) is 70.4 Å². The first-order chi connectivity index (χ1) is 23.9. The van der Waals surface area contributed by atoms with Gasteiger partial charge in [-0.1, -0.05) is 0 Å². The van der Waals surface area contributed by atoms with E-state index in [0.29, 0.717) is 22.7 Å². The summed E-state index contributed by atoms with van der Waals surface area (Å²) in [5.41, 5.74) is 16.2. The number of hydrogen-bond donors (Lipinski definition) is 4. The fraction of sp³-hybridized carbons (Fsp3) is 0.135. The number of rotatable bonds is 11. The van der Waals surface area contributed by atoms with E-state index in [-0.39, 0.29) is 11.5 Å². The Hall–Kier alpha value is -6.56. The molecular formula is C37H36N10O2+2. The van der Waals surface area contributed by atoms with Crippen molar-refractivity contribution in [2.24, 2.45) is 20.5 Å². The maximum absolute atomic E-state index is 9.85. The number of nitrogens with two attached hydrogens (primary N) is 2. The fourth-order valence-corrected chi connectivity index (χ4v) is 5.79. The molecule has 0 atom stereocenters. The second-order valence-corrected chi connectivity index (χ2v) is 11.8. The highest BCUT2D eigenvalue weighted by Gasteiger charge is 2.10. The summed E-state index contributed by atoms with van der Waals surface area (Å²) in [4.78, 5) is 0. The Labute approximate surface area is 282 Å². The Morgan fingerprint density at radius 2 is 1.06 bits per heavy atom. The summed E-state index contributed by atoms with van der Waals surface area (Å²) < 4.78 is 8.66. The molecule has 0 radical (unpaired) electrons. The van der Waals surface area contributed by atoms with Crippen LogP contribution in [0.5, 0.6) is 11.5 Å². The van der Waals surface area contributed by atoms with Gasteiger partial charge in [0.1, 0.15) is 29.4 Å². The Balaban J connectivity index is 0.930. The minimum Gasteiger partial charge on any atom is -0.508 e. The van der Waals surface area contributed by atoms with Crippen molar-refractivity contribution in [2.75, 3.05) is 11.5 Å². The van der Waals surface area contributed by atoms with Crippen LogP contribution in [0.1, 0.15) is 6.42 Å². The highest BCUT2D eigenvalue weighted by molar-refractivity contribution is 6.01. The summed E-state index contributed by atoms with van der Waals surface area (Å²) in [6, 6.07) is 25.1. The topological polar surface area (TPSA) is 160 Å². The van der Waals surface area contributed by atoms with Crippen molar-refractivity contribution in [3.8, 4) is 11.5 Å². The number of phenolic OH excluding ortho intramolecular Hbond substituents is 2. The number of nitrogen functional groups attached to an aromatic ring is 2. The van der Waals surface area contributed by atoms with Crippen molar-refractivity contribution in [3.05, 3.63) is 122 Å². The molecule has 0 fully saturated rings. The average molecular weight is 653 g/mol. The van der Waals surface area contributed by atoms with Crippen molar-refractivity contribution in [3.63, 3.8) is 0 Å². The summed E-state index contributed by atoms with van der Waals surface area (Å²) in [6.07, 6.45) is 13.1. The van der Waals surface area contributed by atoms with Crippen LogP contribution in [-0.2, 0) is 26.2 Å². The standard InChI is InChI=1S/C37H34N10O2/c38-34-10-12-36(30-8-6-28(48)22-32(30)34)42-40-26-4-1-14-44(24-26)16-3-17-46-20-21-47(46)19-18-45-15-2-5-27(25-45)41-43-37-13-11-35(39)33-23-29(49)7-9-31(33)37/h1-2,4-15,20-25H,3,16-19H2,(H4-2,38,39,40,41,42,43,48,49)/p+2. The van der Waals surface area contributed by atoms with Gasteiger partial charge in [0.25, 0.3) is 0 Å². The van der Waals surface area contributed by atoms with Gasteiger partial charge in [-0.25, -0.2) is 9.13 Å². The van der Waals surface area contributed by atoms with Gasteiger partial charge in [-0.05, 0) is 72.8 Å². The van der Waals surface area contributed by atoms with Crippen LogP contribution in [0.15, 0.2) is 143 Å². The minimum absolute atomic E-state index is 0.158. The molecule has 0 aliphatic rings. The van der Waals surface area contributed by atoms with Crippen molar-refractivity contribution in [1.29, 1.82) is 0 Å². The molecule has 0 saturated carbocycles. The van der Waals surface area contributed by atoms with Gasteiger partial charge < -0.3 is 21.7 Å². The predicted octanol–water partition coefficient (Wildman–Crippen LogP) is 7.37. The summed E-state index contributed by atoms with van der Waals surface area (Å²) in [5, 5.41) is 40.8. The van der Waals surface area contributed by atoms with Crippen molar-refractivity contribution in [2.45, 2.75) is 32.6 Å². The largest absolute Gasteiger partial charge is 0.508 e. The molecule has 7 rings (SSSR count). The molecular weight excluding hydrogens is 616 g/mol. The molecule has 0 unspecified atom stereocenters. The summed E-state index contributed by atoms with van der Waals surface area (Å²) in [6.45, 7) is 3.31. The number of aromatic hydroxyl groups is 2. The van der Waals surface area contributed by atoms with Crippen LogP contribution >= 0.6 is 0 Å². The number of anilines is 2. The summed E-state index contributed by atoms with van der Waals surface area (Å²) in [5.74, 6) is 0.317. The van der Waals surface area contributed by atoms with Gasteiger partial charge >= 0.3 is 0 Å². The van der Waals surface area contributed by atoms with Crippen LogP contribution < -0.4 is 20.6 Å². The number of nitrogens with zero attached hydrogens (tertiary/aromatic N) is 8. The third-order valence-electron chi connectivity index (χ3n) is 8.39. The number of aromatic nitrogens is 4. The number of benzene rings is 4. The second kappa shape index (κ2) is 13.7. The first-order valence-electron chi connectivity index (χ1n) is 16.0. The lowest BCUT2D eigenvalue weighted by Crippen LogP contribution is -2.37. The van der Waals surface area contributed by atoms with Crippen LogP contribution in [0.4, 0.5) is 34.1 Å². The van der Waals surface area contributed by atoms with Gasteiger partial charge in [0.2, 0.25) is 0 Å². The molecule has 12 heteroatoms. The highest BCUT2D eigenvalue weighted by Crippen LogP contribution is 2.35. The van der Waals surface area contributed by atoms with Gasteiger partial charge in [0.15, 0.2) is 31.3 Å². The van der Waals surface area contributed by atoms with Crippen LogP contribution in [0.2, 0.25) is 0 Å². The Morgan fingerprint density at radius 3 is 1.59 bits per heavy atom. The smallest absolute Gasteiger partial charge is 0.196 e. The fourth-order valence-electron chi connectivity index (χ4n) is 5.79. The third kappa shape index (κ3) is 7.08. The molecule has 0 amide bonds. The van der Waals surface area contributed by atoms with Crippen LogP contribution in [0.3, 0.4) is 0 Å². The first kappa shape index (κ1) is 31.1. The lowest BCUT2D eigenvalue weighted by atomic mass is 10.1. The highest BCUT2D eigenvalue weighted by atomic mass is 16.3. The number of fused-ring (bicyclic) bond motifs is 2. The summed E-state index contributed by atoms with van der Waals surface area (Å²) in [7, 11) is 0. The molecule has 3 heterocycles. The van der Waals surface area contributed by atoms with E-state index >= 15 is 0 Å².